The minimum atomic E-state index is -0.00740. The summed E-state index contributed by atoms with van der Waals surface area (Å²) in [4.78, 5) is 26.3. The lowest BCUT2D eigenvalue weighted by molar-refractivity contribution is -0.122. The van der Waals surface area contributed by atoms with Crippen molar-refractivity contribution >= 4 is 17.5 Å². The van der Waals surface area contributed by atoms with Crippen LogP contribution in [0.3, 0.4) is 0 Å². The smallest absolute Gasteiger partial charge is 0.230 e. The number of carbonyl (C=O) groups excluding carboxylic acids is 1. The number of carbonyl (C=O) groups is 1. The number of fused-ring (bicyclic) bond motifs is 1. The summed E-state index contributed by atoms with van der Waals surface area (Å²) in [7, 11) is 1.88. The maximum atomic E-state index is 13.0. The molecule has 2 aromatic rings. The highest BCUT2D eigenvalue weighted by molar-refractivity contribution is 5.95. The molecule has 0 saturated carbocycles. The number of amides is 1. The van der Waals surface area contributed by atoms with Crippen LogP contribution >= 0.6 is 0 Å². The number of anilines is 2. The summed E-state index contributed by atoms with van der Waals surface area (Å²) >= 11 is 0. The summed E-state index contributed by atoms with van der Waals surface area (Å²) in [6.45, 7) is 10.2. The molecule has 144 valence electrons. The first kappa shape index (κ1) is 19.3. The van der Waals surface area contributed by atoms with E-state index in [0.717, 1.165) is 55.2 Å². The van der Waals surface area contributed by atoms with Gasteiger partial charge in [-0.1, -0.05) is 6.07 Å². The van der Waals surface area contributed by atoms with Crippen molar-refractivity contribution in [1.82, 2.24) is 9.97 Å². The van der Waals surface area contributed by atoms with Crippen LogP contribution in [0.15, 0.2) is 24.4 Å². The molecule has 1 aromatic heterocycles. The predicted octanol–water partition coefficient (Wildman–Crippen LogP) is 3.71. The molecule has 27 heavy (non-hydrogen) atoms. The van der Waals surface area contributed by atoms with Gasteiger partial charge in [-0.2, -0.15) is 0 Å². The number of hydrogen-bond donors (Lipinski definition) is 0. The SMILES string of the molecule is CCN(CC)c1ncc2c(n1)CC[C@H](C(=O)N(C)c1ccc(C)c(C)c1)C2. The van der Waals surface area contributed by atoms with Gasteiger partial charge in [0.15, 0.2) is 0 Å². The van der Waals surface area contributed by atoms with Crippen LogP contribution < -0.4 is 9.80 Å². The lowest BCUT2D eigenvalue weighted by Crippen LogP contribution is -2.36. The van der Waals surface area contributed by atoms with Gasteiger partial charge in [0, 0.05) is 43.6 Å². The zero-order valence-electron chi connectivity index (χ0n) is 17.1. The number of nitrogens with zero attached hydrogens (tertiary/aromatic N) is 4. The van der Waals surface area contributed by atoms with Crippen LogP contribution in [-0.4, -0.2) is 36.0 Å². The standard InChI is InChI=1S/C22H30N4O/c1-6-26(7-2)22-23-14-18-13-17(9-11-20(18)24-22)21(27)25(5)19-10-8-15(3)16(4)12-19/h8,10,12,14,17H,6-7,9,11,13H2,1-5H3/t17-/m0/s1. The fourth-order valence-electron chi connectivity index (χ4n) is 3.70. The second-order valence-electron chi connectivity index (χ2n) is 7.42. The molecule has 0 N–H and O–H groups in total. The average Bonchev–Trinajstić information content (AvgIpc) is 2.69. The molecule has 0 saturated heterocycles. The maximum Gasteiger partial charge on any atom is 0.230 e. The first-order valence-electron chi connectivity index (χ1n) is 9.89. The van der Waals surface area contributed by atoms with Crippen molar-refractivity contribution in [2.75, 3.05) is 29.9 Å². The minimum absolute atomic E-state index is 0.00740. The summed E-state index contributed by atoms with van der Waals surface area (Å²) in [6.07, 6.45) is 4.33. The normalized spacial score (nSPS) is 16.0. The van der Waals surface area contributed by atoms with Gasteiger partial charge in [0.05, 0.1) is 0 Å². The summed E-state index contributed by atoms with van der Waals surface area (Å²) in [5.41, 5.74) is 5.63. The second-order valence-corrected chi connectivity index (χ2v) is 7.42. The Morgan fingerprint density at radius 3 is 2.59 bits per heavy atom. The van der Waals surface area contributed by atoms with Crippen molar-refractivity contribution in [3.05, 3.63) is 46.8 Å². The molecule has 0 radical (unpaired) electrons. The molecule has 0 fully saturated rings. The van der Waals surface area contributed by atoms with E-state index in [1.54, 1.807) is 4.90 Å². The fourth-order valence-corrected chi connectivity index (χ4v) is 3.70. The highest BCUT2D eigenvalue weighted by Crippen LogP contribution is 2.28. The molecule has 1 atom stereocenters. The Labute approximate surface area is 162 Å². The number of benzene rings is 1. The van der Waals surface area contributed by atoms with Gasteiger partial charge >= 0.3 is 0 Å². The Kier molecular flexibility index (Phi) is 5.78. The Morgan fingerprint density at radius 1 is 1.19 bits per heavy atom. The largest absolute Gasteiger partial charge is 0.341 e. The second kappa shape index (κ2) is 8.07. The van der Waals surface area contributed by atoms with Gasteiger partial charge in [0.2, 0.25) is 11.9 Å². The highest BCUT2D eigenvalue weighted by atomic mass is 16.2. The number of hydrogen-bond acceptors (Lipinski definition) is 4. The molecule has 5 nitrogen and oxygen atoms in total. The van der Waals surface area contributed by atoms with Crippen LogP contribution in [0.2, 0.25) is 0 Å². The van der Waals surface area contributed by atoms with Crippen LogP contribution in [0, 0.1) is 19.8 Å². The quantitative estimate of drug-likeness (QED) is 0.809. The van der Waals surface area contributed by atoms with Crippen molar-refractivity contribution in [2.24, 2.45) is 5.92 Å². The average molecular weight is 367 g/mol. The van der Waals surface area contributed by atoms with Gasteiger partial charge in [0.25, 0.3) is 0 Å². The maximum absolute atomic E-state index is 13.0. The van der Waals surface area contributed by atoms with Crippen molar-refractivity contribution < 1.29 is 4.79 Å². The third-order valence-corrected chi connectivity index (χ3v) is 5.74. The molecule has 5 heteroatoms. The van der Waals surface area contributed by atoms with Gasteiger partial charge in [-0.05, 0) is 75.8 Å². The summed E-state index contributed by atoms with van der Waals surface area (Å²) in [5, 5.41) is 0. The predicted molar refractivity (Wildman–Crippen MR) is 110 cm³/mol. The van der Waals surface area contributed by atoms with E-state index in [4.69, 9.17) is 4.98 Å². The zero-order valence-corrected chi connectivity index (χ0v) is 17.1. The lowest BCUT2D eigenvalue weighted by atomic mass is 9.86. The Bertz CT molecular complexity index is 829. The zero-order chi connectivity index (χ0) is 19.6. The molecule has 1 heterocycles. The molecule has 0 spiro atoms. The first-order chi connectivity index (χ1) is 12.9. The van der Waals surface area contributed by atoms with Crippen LogP contribution in [0.1, 0.15) is 42.7 Å². The number of aromatic nitrogens is 2. The Balaban J connectivity index is 1.75. The van der Waals surface area contributed by atoms with Gasteiger partial charge < -0.3 is 9.80 Å². The summed E-state index contributed by atoms with van der Waals surface area (Å²) < 4.78 is 0. The van der Waals surface area contributed by atoms with E-state index < -0.39 is 0 Å². The molecule has 3 rings (SSSR count). The van der Waals surface area contributed by atoms with Gasteiger partial charge in [-0.15, -0.1) is 0 Å². The van der Waals surface area contributed by atoms with E-state index >= 15 is 0 Å². The monoisotopic (exact) mass is 366 g/mol. The van der Waals surface area contributed by atoms with Crippen molar-refractivity contribution in [2.45, 2.75) is 47.0 Å². The van der Waals surface area contributed by atoms with E-state index in [0.29, 0.717) is 0 Å². The van der Waals surface area contributed by atoms with E-state index in [1.165, 1.54) is 11.1 Å². The van der Waals surface area contributed by atoms with E-state index in [1.807, 2.05) is 19.3 Å². The van der Waals surface area contributed by atoms with Gasteiger partial charge in [-0.25, -0.2) is 9.97 Å². The molecule has 1 amide bonds. The number of rotatable bonds is 5. The molecular formula is C22H30N4O. The van der Waals surface area contributed by atoms with Crippen molar-refractivity contribution in [3.8, 4) is 0 Å². The fraction of sp³-hybridized carbons (Fsp3) is 0.500. The van der Waals surface area contributed by atoms with Crippen LogP contribution in [-0.2, 0) is 17.6 Å². The molecule has 0 unspecified atom stereocenters. The lowest BCUT2D eigenvalue weighted by Gasteiger charge is -2.28. The number of aryl methyl sites for hydroxylation is 3. The Hall–Kier alpha value is -2.43. The van der Waals surface area contributed by atoms with E-state index in [9.17, 15) is 4.79 Å². The third-order valence-electron chi connectivity index (χ3n) is 5.74. The Morgan fingerprint density at radius 2 is 1.93 bits per heavy atom. The third kappa shape index (κ3) is 3.97. The molecule has 1 aromatic carbocycles. The summed E-state index contributed by atoms with van der Waals surface area (Å²) in [5.74, 6) is 0.972. The molecule has 0 bridgehead atoms. The first-order valence-corrected chi connectivity index (χ1v) is 9.89. The van der Waals surface area contributed by atoms with Crippen molar-refractivity contribution in [1.29, 1.82) is 0 Å². The van der Waals surface area contributed by atoms with Crippen molar-refractivity contribution in [3.63, 3.8) is 0 Å². The molecular weight excluding hydrogens is 336 g/mol. The van der Waals surface area contributed by atoms with Crippen LogP contribution in [0.5, 0.6) is 0 Å². The van der Waals surface area contributed by atoms with Crippen LogP contribution in [0.25, 0.3) is 0 Å². The van der Waals surface area contributed by atoms with E-state index in [-0.39, 0.29) is 11.8 Å². The van der Waals surface area contributed by atoms with E-state index in [2.05, 4.69) is 49.7 Å². The minimum Gasteiger partial charge on any atom is -0.341 e. The highest BCUT2D eigenvalue weighted by Gasteiger charge is 2.29. The topological polar surface area (TPSA) is 49.3 Å². The summed E-state index contributed by atoms with van der Waals surface area (Å²) in [6, 6.07) is 6.19. The van der Waals surface area contributed by atoms with Crippen LogP contribution in [0.4, 0.5) is 11.6 Å². The van der Waals surface area contributed by atoms with Gasteiger partial charge in [-0.3, -0.25) is 4.79 Å². The molecule has 0 aliphatic heterocycles. The molecule has 1 aliphatic carbocycles. The van der Waals surface area contributed by atoms with Gasteiger partial charge in [0.1, 0.15) is 0 Å². The molecule has 1 aliphatic rings.